The van der Waals surface area contributed by atoms with Crippen molar-refractivity contribution in [2.45, 2.75) is 56.5 Å². The summed E-state index contributed by atoms with van der Waals surface area (Å²) in [5.41, 5.74) is 0.638. The summed E-state index contributed by atoms with van der Waals surface area (Å²) in [6.45, 7) is 6.22. The van der Waals surface area contributed by atoms with E-state index in [0.717, 1.165) is 12.8 Å². The van der Waals surface area contributed by atoms with Crippen LogP contribution in [0.2, 0.25) is 5.02 Å². The smallest absolute Gasteiger partial charge is 0.266 e. The molecule has 1 aliphatic carbocycles. The first-order valence-electron chi connectivity index (χ1n) is 11.2. The van der Waals surface area contributed by atoms with Gasteiger partial charge in [-0.15, -0.1) is 0 Å². The van der Waals surface area contributed by atoms with Crippen molar-refractivity contribution in [1.29, 1.82) is 0 Å². The van der Waals surface area contributed by atoms with Crippen molar-refractivity contribution in [2.24, 2.45) is 11.8 Å². The Kier molecular flexibility index (Phi) is 7.10. The van der Waals surface area contributed by atoms with Crippen LogP contribution < -0.4 is 10.9 Å². The Bertz CT molecular complexity index is 1250. The maximum absolute atomic E-state index is 13.8. The highest BCUT2D eigenvalue weighted by Gasteiger charge is 2.30. The SMILES string of the molecule is CC(Sc1nc2ccccc2c(=O)n1-c1ccc(F)c(Cl)c1)C(=O)NC1CCCC(C)C1C. The van der Waals surface area contributed by atoms with E-state index in [2.05, 4.69) is 24.1 Å². The fourth-order valence-electron chi connectivity index (χ4n) is 4.34. The Balaban J connectivity index is 1.68. The molecule has 1 saturated carbocycles. The van der Waals surface area contributed by atoms with Crippen molar-refractivity contribution in [3.8, 4) is 5.69 Å². The van der Waals surface area contributed by atoms with Gasteiger partial charge in [-0.05, 0) is 55.5 Å². The summed E-state index contributed by atoms with van der Waals surface area (Å²) in [6.07, 6.45) is 3.27. The molecule has 1 aromatic heterocycles. The molecule has 0 aliphatic heterocycles. The van der Waals surface area contributed by atoms with Crippen LogP contribution in [0, 0.1) is 17.7 Å². The quantitative estimate of drug-likeness (QED) is 0.376. The van der Waals surface area contributed by atoms with Crippen LogP contribution >= 0.6 is 23.4 Å². The normalized spacial score (nSPS) is 21.7. The third kappa shape index (κ3) is 4.94. The number of amides is 1. The minimum absolute atomic E-state index is 0.0861. The minimum Gasteiger partial charge on any atom is -0.352 e. The minimum atomic E-state index is -0.569. The van der Waals surface area contributed by atoms with Gasteiger partial charge in [-0.1, -0.05) is 62.2 Å². The van der Waals surface area contributed by atoms with Crippen molar-refractivity contribution in [2.75, 3.05) is 0 Å². The van der Waals surface area contributed by atoms with Gasteiger partial charge >= 0.3 is 0 Å². The Morgan fingerprint density at radius 2 is 2.00 bits per heavy atom. The van der Waals surface area contributed by atoms with E-state index >= 15 is 0 Å². The second-order valence-electron chi connectivity index (χ2n) is 8.79. The molecule has 1 fully saturated rings. The van der Waals surface area contributed by atoms with Crippen molar-refractivity contribution < 1.29 is 9.18 Å². The summed E-state index contributed by atoms with van der Waals surface area (Å²) in [5.74, 6) is 0.331. The number of halogens is 2. The summed E-state index contributed by atoms with van der Waals surface area (Å²) in [4.78, 5) is 31.1. The number of carbonyl (C=O) groups excluding carboxylic acids is 1. The number of rotatable bonds is 5. The molecule has 0 bridgehead atoms. The molecule has 0 radical (unpaired) electrons. The van der Waals surface area contributed by atoms with Crippen molar-refractivity contribution >= 4 is 40.2 Å². The van der Waals surface area contributed by atoms with Crippen LogP contribution in [0.5, 0.6) is 0 Å². The molecule has 3 aromatic rings. The summed E-state index contributed by atoms with van der Waals surface area (Å²) in [5, 5.41) is 3.42. The zero-order valence-corrected chi connectivity index (χ0v) is 20.4. The summed E-state index contributed by atoms with van der Waals surface area (Å²) < 4.78 is 15.2. The van der Waals surface area contributed by atoms with E-state index in [-0.39, 0.29) is 22.5 Å². The fourth-order valence-corrected chi connectivity index (χ4v) is 5.45. The highest BCUT2D eigenvalue weighted by atomic mass is 35.5. The van der Waals surface area contributed by atoms with Gasteiger partial charge < -0.3 is 5.32 Å². The molecule has 1 heterocycles. The summed E-state index contributed by atoms with van der Waals surface area (Å²) in [6, 6.07) is 11.3. The topological polar surface area (TPSA) is 64.0 Å². The van der Waals surface area contributed by atoms with Crippen molar-refractivity contribution in [3.63, 3.8) is 0 Å². The van der Waals surface area contributed by atoms with E-state index in [4.69, 9.17) is 11.6 Å². The summed E-state index contributed by atoms with van der Waals surface area (Å²) >= 11 is 7.20. The highest BCUT2D eigenvalue weighted by molar-refractivity contribution is 8.00. The van der Waals surface area contributed by atoms with Gasteiger partial charge in [0.05, 0.1) is 26.9 Å². The van der Waals surface area contributed by atoms with Crippen LogP contribution in [-0.2, 0) is 4.79 Å². The molecule has 4 atom stereocenters. The monoisotopic (exact) mass is 487 g/mol. The van der Waals surface area contributed by atoms with Gasteiger partial charge in [0.15, 0.2) is 5.16 Å². The fraction of sp³-hybridized carbons (Fsp3) is 0.400. The maximum atomic E-state index is 13.8. The van der Waals surface area contributed by atoms with E-state index in [1.807, 2.05) is 6.07 Å². The third-order valence-corrected chi connectivity index (χ3v) is 7.93. The predicted octanol–water partition coefficient (Wildman–Crippen LogP) is 5.60. The van der Waals surface area contributed by atoms with E-state index < -0.39 is 11.1 Å². The standard InChI is InChI=1S/C25H27ClFN3O2S/c1-14-7-6-10-21(15(14)2)28-23(31)16(3)33-25-29-22-9-5-4-8-18(22)24(32)30(25)17-11-12-20(27)19(26)13-17/h4-5,8-9,11-16,21H,6-7,10H2,1-3H3,(H,28,31). The Hall–Kier alpha value is -2.38. The number of hydrogen-bond donors (Lipinski definition) is 1. The lowest BCUT2D eigenvalue weighted by Gasteiger charge is -2.35. The predicted molar refractivity (Wildman–Crippen MR) is 132 cm³/mol. The largest absolute Gasteiger partial charge is 0.352 e. The van der Waals surface area contributed by atoms with Gasteiger partial charge in [-0.3, -0.25) is 14.2 Å². The molecule has 0 spiro atoms. The number of nitrogens with one attached hydrogen (secondary N) is 1. The second-order valence-corrected chi connectivity index (χ2v) is 10.5. The van der Waals surface area contributed by atoms with Gasteiger partial charge in [-0.2, -0.15) is 0 Å². The lowest BCUT2D eigenvalue weighted by atomic mass is 9.78. The maximum Gasteiger partial charge on any atom is 0.266 e. The number of carbonyl (C=O) groups is 1. The van der Waals surface area contributed by atoms with Gasteiger partial charge in [0.25, 0.3) is 5.56 Å². The molecular formula is C25H27ClFN3O2S. The number of aromatic nitrogens is 2. The number of para-hydroxylation sites is 1. The molecule has 4 rings (SSSR count). The Morgan fingerprint density at radius 3 is 2.76 bits per heavy atom. The molecule has 5 nitrogen and oxygen atoms in total. The second kappa shape index (κ2) is 9.85. The molecule has 1 amide bonds. The van der Waals surface area contributed by atoms with E-state index in [0.29, 0.717) is 33.6 Å². The van der Waals surface area contributed by atoms with Crippen LogP contribution in [0.4, 0.5) is 4.39 Å². The number of fused-ring (bicyclic) bond motifs is 1. The molecule has 8 heteroatoms. The molecule has 33 heavy (non-hydrogen) atoms. The van der Waals surface area contributed by atoms with E-state index in [9.17, 15) is 14.0 Å². The lowest BCUT2D eigenvalue weighted by molar-refractivity contribution is -0.121. The Morgan fingerprint density at radius 1 is 1.24 bits per heavy atom. The zero-order valence-electron chi connectivity index (χ0n) is 18.8. The van der Waals surface area contributed by atoms with Gasteiger partial charge in [-0.25, -0.2) is 9.37 Å². The van der Waals surface area contributed by atoms with Crippen molar-refractivity contribution in [3.05, 3.63) is 63.7 Å². The Labute approximate surface area is 201 Å². The number of benzene rings is 2. The van der Waals surface area contributed by atoms with E-state index in [1.54, 1.807) is 25.1 Å². The highest BCUT2D eigenvalue weighted by Crippen LogP contribution is 2.31. The van der Waals surface area contributed by atoms with Gasteiger partial charge in [0, 0.05) is 6.04 Å². The lowest BCUT2D eigenvalue weighted by Crippen LogP contribution is -2.46. The molecule has 174 valence electrons. The third-order valence-electron chi connectivity index (χ3n) is 6.59. The molecule has 1 N–H and O–H groups in total. The van der Waals surface area contributed by atoms with E-state index in [1.165, 1.54) is 40.9 Å². The molecular weight excluding hydrogens is 461 g/mol. The van der Waals surface area contributed by atoms with Gasteiger partial charge in [0.1, 0.15) is 5.82 Å². The van der Waals surface area contributed by atoms with Crippen LogP contribution in [0.15, 0.2) is 52.4 Å². The molecule has 2 aromatic carbocycles. The number of hydrogen-bond acceptors (Lipinski definition) is 4. The number of nitrogens with zero attached hydrogens (tertiary/aromatic N) is 2. The first-order chi connectivity index (χ1) is 15.8. The van der Waals surface area contributed by atoms with Crippen LogP contribution in [0.1, 0.15) is 40.0 Å². The number of thioether (sulfide) groups is 1. The van der Waals surface area contributed by atoms with Crippen LogP contribution in [0.25, 0.3) is 16.6 Å². The molecule has 0 saturated heterocycles. The van der Waals surface area contributed by atoms with Crippen LogP contribution in [-0.4, -0.2) is 26.8 Å². The zero-order chi connectivity index (χ0) is 23.7. The average Bonchev–Trinajstić information content (AvgIpc) is 2.79. The van der Waals surface area contributed by atoms with Gasteiger partial charge in [0.2, 0.25) is 5.91 Å². The molecule has 4 unspecified atom stereocenters. The summed E-state index contributed by atoms with van der Waals surface area (Å²) in [7, 11) is 0. The van der Waals surface area contributed by atoms with Crippen LogP contribution in [0.3, 0.4) is 0 Å². The first kappa shape index (κ1) is 23.8. The average molecular weight is 488 g/mol. The first-order valence-corrected chi connectivity index (χ1v) is 12.5. The molecule has 1 aliphatic rings. The van der Waals surface area contributed by atoms with Crippen molar-refractivity contribution in [1.82, 2.24) is 14.9 Å².